The van der Waals surface area contributed by atoms with E-state index in [-0.39, 0.29) is 29.6 Å². The SMILES string of the molecule is CCOc1ccc(N2C(=O)/C(=C\c3ccc(OCC(=O)Nc4ccc(C)cc4)cc3)C(C(=O)OC)=C2C)cc1. The second-order valence-corrected chi connectivity index (χ2v) is 8.85. The van der Waals surface area contributed by atoms with Crippen molar-refractivity contribution in [2.24, 2.45) is 0 Å². The summed E-state index contributed by atoms with van der Waals surface area (Å²) < 4.78 is 16.1. The van der Waals surface area contributed by atoms with Crippen molar-refractivity contribution in [1.29, 1.82) is 0 Å². The van der Waals surface area contributed by atoms with Gasteiger partial charge >= 0.3 is 5.97 Å². The quantitative estimate of drug-likeness (QED) is 0.301. The second-order valence-electron chi connectivity index (χ2n) is 8.85. The van der Waals surface area contributed by atoms with Crippen LogP contribution in [0, 0.1) is 6.92 Å². The fraction of sp³-hybridized carbons (Fsp3) is 0.194. The number of carbonyl (C=O) groups excluding carboxylic acids is 3. The zero-order valence-corrected chi connectivity index (χ0v) is 22.3. The highest BCUT2D eigenvalue weighted by Crippen LogP contribution is 2.36. The van der Waals surface area contributed by atoms with Crippen LogP contribution in [-0.4, -0.2) is 38.1 Å². The molecule has 2 amide bonds. The molecule has 39 heavy (non-hydrogen) atoms. The molecule has 0 radical (unpaired) electrons. The van der Waals surface area contributed by atoms with Crippen molar-refractivity contribution in [2.45, 2.75) is 20.8 Å². The van der Waals surface area contributed by atoms with E-state index in [1.54, 1.807) is 61.5 Å². The number of nitrogens with zero attached hydrogens (tertiary/aromatic N) is 1. The minimum Gasteiger partial charge on any atom is -0.494 e. The van der Waals surface area contributed by atoms with Crippen molar-refractivity contribution >= 4 is 35.2 Å². The average molecular weight is 527 g/mol. The van der Waals surface area contributed by atoms with Gasteiger partial charge in [0.25, 0.3) is 11.8 Å². The monoisotopic (exact) mass is 526 g/mol. The number of esters is 1. The van der Waals surface area contributed by atoms with Gasteiger partial charge < -0.3 is 19.5 Å². The fourth-order valence-corrected chi connectivity index (χ4v) is 4.16. The molecule has 1 aliphatic rings. The number of allylic oxidation sites excluding steroid dienone is 1. The van der Waals surface area contributed by atoms with Gasteiger partial charge in [-0.3, -0.25) is 14.5 Å². The maximum absolute atomic E-state index is 13.5. The number of nitrogens with one attached hydrogen (secondary N) is 1. The first-order valence-electron chi connectivity index (χ1n) is 12.5. The minimum absolute atomic E-state index is 0.154. The number of benzene rings is 3. The first-order valence-corrected chi connectivity index (χ1v) is 12.5. The Balaban J connectivity index is 1.49. The smallest absolute Gasteiger partial charge is 0.340 e. The van der Waals surface area contributed by atoms with E-state index in [2.05, 4.69) is 5.32 Å². The van der Waals surface area contributed by atoms with Crippen molar-refractivity contribution in [2.75, 3.05) is 30.5 Å². The molecule has 0 bridgehead atoms. The molecule has 1 heterocycles. The molecule has 0 atom stereocenters. The van der Waals surface area contributed by atoms with Gasteiger partial charge in [0.05, 0.1) is 24.9 Å². The molecule has 0 saturated carbocycles. The summed E-state index contributed by atoms with van der Waals surface area (Å²) in [6.45, 7) is 5.96. The summed E-state index contributed by atoms with van der Waals surface area (Å²) in [5.74, 6) is -0.0390. The number of hydrogen-bond acceptors (Lipinski definition) is 6. The lowest BCUT2D eigenvalue weighted by Gasteiger charge is -2.18. The van der Waals surface area contributed by atoms with Gasteiger partial charge in [-0.25, -0.2) is 4.79 Å². The van der Waals surface area contributed by atoms with Crippen molar-refractivity contribution in [3.8, 4) is 11.5 Å². The zero-order chi connectivity index (χ0) is 27.9. The third-order valence-electron chi connectivity index (χ3n) is 6.09. The van der Waals surface area contributed by atoms with E-state index in [9.17, 15) is 14.4 Å². The van der Waals surface area contributed by atoms with Gasteiger partial charge in [-0.05, 0) is 80.9 Å². The van der Waals surface area contributed by atoms with Crippen LogP contribution in [-0.2, 0) is 19.1 Å². The largest absolute Gasteiger partial charge is 0.494 e. The molecule has 0 aromatic heterocycles. The van der Waals surface area contributed by atoms with E-state index in [1.807, 2.05) is 38.1 Å². The fourth-order valence-electron chi connectivity index (χ4n) is 4.16. The molecule has 4 rings (SSSR count). The molecule has 3 aromatic rings. The van der Waals surface area contributed by atoms with E-state index in [1.165, 1.54) is 12.0 Å². The van der Waals surface area contributed by atoms with Gasteiger partial charge in [0.2, 0.25) is 0 Å². The van der Waals surface area contributed by atoms with Crippen LogP contribution in [0.2, 0.25) is 0 Å². The maximum atomic E-state index is 13.5. The van der Waals surface area contributed by atoms with Crippen LogP contribution in [0.3, 0.4) is 0 Å². The number of methoxy groups -OCH3 is 1. The number of rotatable bonds is 9. The first-order chi connectivity index (χ1) is 18.8. The lowest BCUT2D eigenvalue weighted by Crippen LogP contribution is -2.24. The van der Waals surface area contributed by atoms with Crippen LogP contribution in [0.4, 0.5) is 11.4 Å². The molecule has 3 aromatic carbocycles. The van der Waals surface area contributed by atoms with Gasteiger partial charge in [-0.15, -0.1) is 0 Å². The summed E-state index contributed by atoms with van der Waals surface area (Å²) in [5.41, 5.74) is 3.98. The Morgan fingerprint density at radius 3 is 2.10 bits per heavy atom. The molecule has 0 unspecified atom stereocenters. The molecule has 1 aliphatic heterocycles. The molecule has 1 N–H and O–H groups in total. The molecular weight excluding hydrogens is 496 g/mol. The molecule has 0 aliphatic carbocycles. The number of carbonyl (C=O) groups is 3. The Hall–Kier alpha value is -4.85. The first kappa shape index (κ1) is 27.2. The number of hydrogen-bond donors (Lipinski definition) is 1. The number of anilines is 2. The average Bonchev–Trinajstić information content (AvgIpc) is 3.18. The van der Waals surface area contributed by atoms with E-state index in [0.29, 0.717) is 40.7 Å². The normalized spacial score (nSPS) is 14.0. The molecule has 8 nitrogen and oxygen atoms in total. The topological polar surface area (TPSA) is 94.2 Å². The Morgan fingerprint density at radius 1 is 0.872 bits per heavy atom. The number of aryl methyl sites for hydroxylation is 1. The third-order valence-corrected chi connectivity index (χ3v) is 6.09. The highest BCUT2D eigenvalue weighted by molar-refractivity contribution is 6.23. The molecular formula is C31H30N2O6. The molecule has 0 saturated heterocycles. The maximum Gasteiger partial charge on any atom is 0.340 e. The summed E-state index contributed by atoms with van der Waals surface area (Å²) in [7, 11) is 1.28. The van der Waals surface area contributed by atoms with Crippen molar-refractivity contribution in [3.05, 3.63) is 101 Å². The molecule has 8 heteroatoms. The summed E-state index contributed by atoms with van der Waals surface area (Å²) in [6, 6.07) is 21.5. The summed E-state index contributed by atoms with van der Waals surface area (Å²) in [5, 5.41) is 2.78. The van der Waals surface area contributed by atoms with Crippen LogP contribution in [0.1, 0.15) is 25.0 Å². The Morgan fingerprint density at radius 2 is 1.49 bits per heavy atom. The second kappa shape index (κ2) is 12.1. The zero-order valence-electron chi connectivity index (χ0n) is 22.3. The van der Waals surface area contributed by atoms with Crippen molar-refractivity contribution < 1.29 is 28.6 Å². The lowest BCUT2D eigenvalue weighted by molar-refractivity contribution is -0.136. The predicted molar refractivity (Wildman–Crippen MR) is 150 cm³/mol. The van der Waals surface area contributed by atoms with Gasteiger partial charge in [0, 0.05) is 17.1 Å². The standard InChI is InChI=1S/C31H30N2O6/c1-5-38-25-16-12-24(13-17-25)33-21(3)29(31(36)37-4)27(30(33)35)18-22-8-14-26(15-9-22)39-19-28(34)32-23-10-6-20(2)7-11-23/h6-18H,5,19H2,1-4H3,(H,32,34)/b27-18-. The van der Waals surface area contributed by atoms with E-state index >= 15 is 0 Å². The predicted octanol–water partition coefficient (Wildman–Crippen LogP) is 5.29. The highest BCUT2D eigenvalue weighted by Gasteiger charge is 2.37. The van der Waals surface area contributed by atoms with Gasteiger partial charge in [0.15, 0.2) is 6.61 Å². The van der Waals surface area contributed by atoms with Gasteiger partial charge in [-0.1, -0.05) is 29.8 Å². The molecule has 200 valence electrons. The Kier molecular flexibility index (Phi) is 8.46. The third kappa shape index (κ3) is 6.35. The van der Waals surface area contributed by atoms with Gasteiger partial charge in [-0.2, -0.15) is 0 Å². The van der Waals surface area contributed by atoms with E-state index in [4.69, 9.17) is 14.2 Å². The van der Waals surface area contributed by atoms with Crippen LogP contribution in [0.15, 0.2) is 89.6 Å². The summed E-state index contributed by atoms with van der Waals surface area (Å²) >= 11 is 0. The Labute approximate surface area is 227 Å². The summed E-state index contributed by atoms with van der Waals surface area (Å²) in [4.78, 5) is 39.8. The van der Waals surface area contributed by atoms with Crippen LogP contribution in [0.25, 0.3) is 6.08 Å². The van der Waals surface area contributed by atoms with Crippen LogP contribution < -0.4 is 19.7 Å². The Bertz CT molecular complexity index is 1420. The van der Waals surface area contributed by atoms with Crippen molar-refractivity contribution in [3.63, 3.8) is 0 Å². The molecule has 0 fully saturated rings. The summed E-state index contributed by atoms with van der Waals surface area (Å²) in [6.07, 6.45) is 1.64. The van der Waals surface area contributed by atoms with E-state index < -0.39 is 5.97 Å². The minimum atomic E-state index is -0.597. The molecule has 0 spiro atoms. The van der Waals surface area contributed by atoms with E-state index in [0.717, 1.165) is 5.56 Å². The van der Waals surface area contributed by atoms with Crippen LogP contribution >= 0.6 is 0 Å². The lowest BCUT2D eigenvalue weighted by atomic mass is 10.0. The van der Waals surface area contributed by atoms with Crippen LogP contribution in [0.5, 0.6) is 11.5 Å². The number of ether oxygens (including phenoxy) is 3. The van der Waals surface area contributed by atoms with Gasteiger partial charge in [0.1, 0.15) is 11.5 Å². The highest BCUT2D eigenvalue weighted by atomic mass is 16.5. The number of amides is 2. The van der Waals surface area contributed by atoms with Crippen molar-refractivity contribution in [1.82, 2.24) is 0 Å².